The zero-order valence-electron chi connectivity index (χ0n) is 12.2. The Kier molecular flexibility index (Phi) is 4.36. The molecule has 2 atom stereocenters. The fourth-order valence-corrected chi connectivity index (χ4v) is 2.58. The Morgan fingerprint density at radius 1 is 1.25 bits per heavy atom. The Labute approximate surface area is 121 Å². The van der Waals surface area contributed by atoms with Gasteiger partial charge >= 0.3 is 0 Å². The van der Waals surface area contributed by atoms with Crippen LogP contribution in [-0.4, -0.2) is 17.6 Å². The molecule has 1 heterocycles. The summed E-state index contributed by atoms with van der Waals surface area (Å²) < 4.78 is 5.84. The monoisotopic (exact) mass is 272 g/mol. The van der Waals surface area contributed by atoms with E-state index in [0.29, 0.717) is 11.8 Å². The standard InChI is InChI=1S/C17H24N2O/c1-13-4-2-3-5-15(13)12-20-17-9-6-14(11-19-17)10-18-16-7-8-16/h2-3,6,9,11,13,15-16,18H,4-5,7-8,10,12H2,1H3. The molecule has 108 valence electrons. The number of hydrogen-bond acceptors (Lipinski definition) is 3. The van der Waals surface area contributed by atoms with Crippen molar-refractivity contribution in [3.63, 3.8) is 0 Å². The minimum absolute atomic E-state index is 0.623. The number of nitrogens with zero attached hydrogens (tertiary/aromatic N) is 1. The molecule has 3 nitrogen and oxygen atoms in total. The zero-order valence-corrected chi connectivity index (χ0v) is 12.2. The van der Waals surface area contributed by atoms with Crippen molar-refractivity contribution in [1.29, 1.82) is 0 Å². The molecule has 1 aromatic rings. The number of nitrogens with one attached hydrogen (secondary N) is 1. The van der Waals surface area contributed by atoms with Crippen molar-refractivity contribution >= 4 is 0 Å². The second-order valence-corrected chi connectivity index (χ2v) is 6.15. The molecule has 1 fully saturated rings. The molecule has 0 radical (unpaired) electrons. The van der Waals surface area contributed by atoms with Gasteiger partial charge in [0, 0.05) is 24.8 Å². The summed E-state index contributed by atoms with van der Waals surface area (Å²) in [6.07, 6.45) is 11.4. The van der Waals surface area contributed by atoms with E-state index in [0.717, 1.165) is 31.5 Å². The lowest BCUT2D eigenvalue weighted by molar-refractivity contribution is 0.192. The van der Waals surface area contributed by atoms with Crippen LogP contribution in [-0.2, 0) is 6.54 Å². The van der Waals surface area contributed by atoms with Crippen LogP contribution in [0.15, 0.2) is 30.5 Å². The summed E-state index contributed by atoms with van der Waals surface area (Å²) in [5.41, 5.74) is 1.23. The summed E-state index contributed by atoms with van der Waals surface area (Å²) in [5.74, 6) is 2.09. The van der Waals surface area contributed by atoms with Crippen LogP contribution >= 0.6 is 0 Å². The lowest BCUT2D eigenvalue weighted by atomic mass is 9.85. The average Bonchev–Trinajstić information content (AvgIpc) is 3.30. The summed E-state index contributed by atoms with van der Waals surface area (Å²) >= 11 is 0. The maximum absolute atomic E-state index is 5.84. The van der Waals surface area contributed by atoms with Gasteiger partial charge in [0.2, 0.25) is 5.88 Å². The zero-order chi connectivity index (χ0) is 13.8. The van der Waals surface area contributed by atoms with Crippen LogP contribution in [0.2, 0.25) is 0 Å². The molecule has 20 heavy (non-hydrogen) atoms. The molecule has 2 aliphatic carbocycles. The van der Waals surface area contributed by atoms with E-state index in [1.54, 1.807) is 0 Å². The topological polar surface area (TPSA) is 34.1 Å². The normalized spacial score (nSPS) is 25.6. The van der Waals surface area contributed by atoms with Crippen LogP contribution < -0.4 is 10.1 Å². The van der Waals surface area contributed by atoms with Crippen molar-refractivity contribution < 1.29 is 4.74 Å². The van der Waals surface area contributed by atoms with Crippen molar-refractivity contribution in [2.45, 2.75) is 45.2 Å². The van der Waals surface area contributed by atoms with Gasteiger partial charge < -0.3 is 10.1 Å². The van der Waals surface area contributed by atoms with E-state index in [9.17, 15) is 0 Å². The van der Waals surface area contributed by atoms with Gasteiger partial charge in [-0.1, -0.05) is 25.1 Å². The van der Waals surface area contributed by atoms with Gasteiger partial charge in [0.1, 0.15) is 0 Å². The van der Waals surface area contributed by atoms with Gasteiger partial charge in [-0.15, -0.1) is 0 Å². The summed E-state index contributed by atoms with van der Waals surface area (Å²) in [7, 11) is 0. The first-order chi connectivity index (χ1) is 9.81. The number of hydrogen-bond donors (Lipinski definition) is 1. The van der Waals surface area contributed by atoms with Crippen LogP contribution in [0, 0.1) is 11.8 Å². The van der Waals surface area contributed by atoms with E-state index in [-0.39, 0.29) is 0 Å². The average molecular weight is 272 g/mol. The van der Waals surface area contributed by atoms with Crippen LogP contribution in [0.3, 0.4) is 0 Å². The maximum atomic E-state index is 5.84. The highest BCUT2D eigenvalue weighted by Crippen LogP contribution is 2.25. The lowest BCUT2D eigenvalue weighted by Gasteiger charge is -2.24. The van der Waals surface area contributed by atoms with Gasteiger partial charge in [0.05, 0.1) is 6.61 Å². The van der Waals surface area contributed by atoms with Crippen LogP contribution in [0.1, 0.15) is 38.2 Å². The third kappa shape index (κ3) is 3.83. The van der Waals surface area contributed by atoms with Crippen LogP contribution in [0.5, 0.6) is 5.88 Å². The number of rotatable bonds is 6. The molecule has 0 bridgehead atoms. The predicted octanol–water partition coefficient (Wildman–Crippen LogP) is 3.31. The lowest BCUT2D eigenvalue weighted by Crippen LogP contribution is -2.21. The van der Waals surface area contributed by atoms with Crippen molar-refractivity contribution in [3.8, 4) is 5.88 Å². The summed E-state index contributed by atoms with van der Waals surface area (Å²) in [6, 6.07) is 4.85. The molecule has 1 N–H and O–H groups in total. The van der Waals surface area contributed by atoms with Crippen LogP contribution in [0.25, 0.3) is 0 Å². The maximum Gasteiger partial charge on any atom is 0.213 e. The van der Waals surface area contributed by atoms with Gasteiger partial charge in [0.15, 0.2) is 0 Å². The predicted molar refractivity (Wildman–Crippen MR) is 80.6 cm³/mol. The van der Waals surface area contributed by atoms with E-state index in [1.807, 2.05) is 12.3 Å². The molecule has 3 rings (SSSR count). The highest BCUT2D eigenvalue weighted by molar-refractivity contribution is 5.18. The largest absolute Gasteiger partial charge is 0.477 e. The molecule has 1 saturated carbocycles. The summed E-state index contributed by atoms with van der Waals surface area (Å²) in [6.45, 7) is 4.00. The second-order valence-electron chi connectivity index (χ2n) is 6.15. The smallest absolute Gasteiger partial charge is 0.213 e. The number of ether oxygens (including phenoxy) is 1. The van der Waals surface area contributed by atoms with Crippen molar-refractivity contribution in [2.75, 3.05) is 6.61 Å². The third-order valence-corrected chi connectivity index (χ3v) is 4.33. The molecule has 3 heteroatoms. The summed E-state index contributed by atoms with van der Waals surface area (Å²) in [5, 5.41) is 3.49. The molecule has 0 aromatic carbocycles. The van der Waals surface area contributed by atoms with Crippen molar-refractivity contribution in [1.82, 2.24) is 10.3 Å². The Hall–Kier alpha value is -1.35. The molecular weight excluding hydrogens is 248 g/mol. The van der Waals surface area contributed by atoms with Gasteiger partial charge in [0.25, 0.3) is 0 Å². The van der Waals surface area contributed by atoms with E-state index in [1.165, 1.54) is 24.8 Å². The Bertz CT molecular complexity index is 451. The Morgan fingerprint density at radius 3 is 2.80 bits per heavy atom. The Morgan fingerprint density at radius 2 is 2.10 bits per heavy atom. The molecule has 0 spiro atoms. The quantitative estimate of drug-likeness (QED) is 0.807. The van der Waals surface area contributed by atoms with Crippen LogP contribution in [0.4, 0.5) is 0 Å². The molecular formula is C17H24N2O. The fourth-order valence-electron chi connectivity index (χ4n) is 2.58. The highest BCUT2D eigenvalue weighted by Gasteiger charge is 2.20. The molecule has 1 aromatic heterocycles. The van der Waals surface area contributed by atoms with Crippen molar-refractivity contribution in [3.05, 3.63) is 36.0 Å². The van der Waals surface area contributed by atoms with Gasteiger partial charge in [-0.05, 0) is 43.1 Å². The summed E-state index contributed by atoms with van der Waals surface area (Å²) in [4.78, 5) is 4.41. The molecule has 2 aliphatic rings. The first-order valence-electron chi connectivity index (χ1n) is 7.77. The third-order valence-electron chi connectivity index (χ3n) is 4.33. The number of allylic oxidation sites excluding steroid dienone is 2. The van der Waals surface area contributed by atoms with Crippen molar-refractivity contribution in [2.24, 2.45) is 11.8 Å². The minimum Gasteiger partial charge on any atom is -0.477 e. The molecule has 2 unspecified atom stereocenters. The minimum atomic E-state index is 0.623. The molecule has 0 amide bonds. The molecule has 0 saturated heterocycles. The van der Waals surface area contributed by atoms with Gasteiger partial charge in [-0.3, -0.25) is 0 Å². The first kappa shape index (κ1) is 13.6. The number of aromatic nitrogens is 1. The molecule has 0 aliphatic heterocycles. The van der Waals surface area contributed by atoms with E-state index in [4.69, 9.17) is 4.74 Å². The SMILES string of the molecule is CC1CC=CCC1COc1ccc(CNC2CC2)cn1. The second kappa shape index (κ2) is 6.40. The van der Waals surface area contributed by atoms with E-state index >= 15 is 0 Å². The fraction of sp³-hybridized carbons (Fsp3) is 0.588. The van der Waals surface area contributed by atoms with E-state index in [2.05, 4.69) is 35.4 Å². The van der Waals surface area contributed by atoms with Gasteiger partial charge in [-0.25, -0.2) is 4.98 Å². The highest BCUT2D eigenvalue weighted by atomic mass is 16.5. The Balaban J connectivity index is 1.46. The van der Waals surface area contributed by atoms with Gasteiger partial charge in [-0.2, -0.15) is 0 Å². The first-order valence-corrected chi connectivity index (χ1v) is 7.77. The van der Waals surface area contributed by atoms with E-state index < -0.39 is 0 Å². The number of pyridine rings is 1.